The van der Waals surface area contributed by atoms with E-state index in [9.17, 15) is 0 Å². The van der Waals surface area contributed by atoms with Crippen molar-refractivity contribution in [3.8, 4) is 0 Å². The molecule has 0 amide bonds. The molecule has 1 N–H and O–H groups in total. The summed E-state index contributed by atoms with van der Waals surface area (Å²) in [6.07, 6.45) is 3.80. The summed E-state index contributed by atoms with van der Waals surface area (Å²) in [7, 11) is 0. The van der Waals surface area contributed by atoms with Crippen LogP contribution in [0, 0.1) is 0 Å². The molecule has 1 aromatic carbocycles. The molecule has 1 unspecified atom stereocenters. The summed E-state index contributed by atoms with van der Waals surface area (Å²) < 4.78 is 6.79. The van der Waals surface area contributed by atoms with Gasteiger partial charge < -0.3 is 15.0 Å². The van der Waals surface area contributed by atoms with Gasteiger partial charge in [0.2, 0.25) is 0 Å². The molecule has 20 heavy (non-hydrogen) atoms. The van der Waals surface area contributed by atoms with Crippen molar-refractivity contribution in [1.82, 2.24) is 5.32 Å². The number of rotatable bonds is 5. The summed E-state index contributed by atoms with van der Waals surface area (Å²) >= 11 is 3.62. The lowest BCUT2D eigenvalue weighted by atomic mass is 10.1. The Morgan fingerprint density at radius 1 is 1.40 bits per heavy atom. The van der Waals surface area contributed by atoms with E-state index in [-0.39, 0.29) is 0 Å². The van der Waals surface area contributed by atoms with Gasteiger partial charge in [0, 0.05) is 29.3 Å². The molecule has 3 rings (SSSR count). The lowest BCUT2D eigenvalue weighted by Gasteiger charge is -2.38. The van der Waals surface area contributed by atoms with Crippen LogP contribution in [0.4, 0.5) is 5.69 Å². The lowest BCUT2D eigenvalue weighted by molar-refractivity contribution is 0.0929. The number of anilines is 1. The van der Waals surface area contributed by atoms with Gasteiger partial charge in [-0.25, -0.2) is 0 Å². The van der Waals surface area contributed by atoms with Gasteiger partial charge >= 0.3 is 0 Å². The molecule has 0 bridgehead atoms. The van der Waals surface area contributed by atoms with Crippen molar-refractivity contribution in [2.75, 3.05) is 24.7 Å². The zero-order chi connectivity index (χ0) is 13.9. The van der Waals surface area contributed by atoms with Crippen LogP contribution in [-0.2, 0) is 11.3 Å². The predicted octanol–water partition coefficient (Wildman–Crippen LogP) is 3.32. The molecule has 3 nitrogen and oxygen atoms in total. The van der Waals surface area contributed by atoms with E-state index < -0.39 is 0 Å². The van der Waals surface area contributed by atoms with Crippen molar-refractivity contribution in [2.45, 2.75) is 44.8 Å². The zero-order valence-corrected chi connectivity index (χ0v) is 13.7. The smallest absolute Gasteiger partial charge is 0.0670 e. The maximum atomic E-state index is 5.63. The first-order valence-corrected chi connectivity index (χ1v) is 8.43. The van der Waals surface area contributed by atoms with Crippen LogP contribution in [0.1, 0.15) is 31.7 Å². The number of morpholine rings is 1. The molecule has 110 valence electrons. The average molecular weight is 339 g/mol. The van der Waals surface area contributed by atoms with E-state index >= 15 is 0 Å². The summed E-state index contributed by atoms with van der Waals surface area (Å²) in [5, 5.41) is 3.63. The molecule has 4 heteroatoms. The second-order valence-electron chi connectivity index (χ2n) is 5.76. The molecule has 1 aromatic rings. The van der Waals surface area contributed by atoms with Crippen molar-refractivity contribution in [2.24, 2.45) is 0 Å². The minimum Gasteiger partial charge on any atom is -0.377 e. The van der Waals surface area contributed by atoms with Crippen LogP contribution in [0.25, 0.3) is 0 Å². The molecular weight excluding hydrogens is 316 g/mol. The third-order valence-corrected chi connectivity index (χ3v) is 4.71. The van der Waals surface area contributed by atoms with Gasteiger partial charge in [-0.15, -0.1) is 0 Å². The highest BCUT2D eigenvalue weighted by atomic mass is 79.9. The fourth-order valence-corrected chi connectivity index (χ4v) is 3.15. The summed E-state index contributed by atoms with van der Waals surface area (Å²) in [6, 6.07) is 7.90. The standard InChI is InChI=1S/C16H23BrN2O/c1-2-15-11-20-8-7-19(15)16-9-13(17)4-3-12(16)10-18-14-5-6-14/h3-4,9,14-15,18H,2,5-8,10-11H2,1H3. The first kappa shape index (κ1) is 14.4. The molecule has 1 aliphatic carbocycles. The Morgan fingerprint density at radius 3 is 3.00 bits per heavy atom. The number of ether oxygens (including phenoxy) is 1. The van der Waals surface area contributed by atoms with Crippen LogP contribution in [0.15, 0.2) is 22.7 Å². The first-order valence-electron chi connectivity index (χ1n) is 7.64. The van der Waals surface area contributed by atoms with Gasteiger partial charge in [-0.2, -0.15) is 0 Å². The summed E-state index contributed by atoms with van der Waals surface area (Å²) in [5.74, 6) is 0. The second-order valence-corrected chi connectivity index (χ2v) is 6.67. The average Bonchev–Trinajstić information content (AvgIpc) is 3.30. The Hall–Kier alpha value is -0.580. The monoisotopic (exact) mass is 338 g/mol. The van der Waals surface area contributed by atoms with Gasteiger partial charge in [-0.05, 0) is 37.0 Å². The molecule has 1 saturated carbocycles. The van der Waals surface area contributed by atoms with E-state index in [0.717, 1.165) is 43.2 Å². The van der Waals surface area contributed by atoms with Gasteiger partial charge in [0.15, 0.2) is 0 Å². The van der Waals surface area contributed by atoms with Gasteiger partial charge in [0.05, 0.1) is 19.3 Å². The highest BCUT2D eigenvalue weighted by Crippen LogP contribution is 2.30. The zero-order valence-electron chi connectivity index (χ0n) is 12.1. The van der Waals surface area contributed by atoms with Crippen molar-refractivity contribution in [1.29, 1.82) is 0 Å². The molecule has 0 radical (unpaired) electrons. The predicted molar refractivity (Wildman–Crippen MR) is 86.2 cm³/mol. The van der Waals surface area contributed by atoms with E-state index in [0.29, 0.717) is 6.04 Å². The topological polar surface area (TPSA) is 24.5 Å². The Kier molecular flexibility index (Phi) is 4.64. The Balaban J connectivity index is 1.82. The number of benzene rings is 1. The Morgan fingerprint density at radius 2 is 2.25 bits per heavy atom. The number of nitrogens with one attached hydrogen (secondary N) is 1. The van der Waals surface area contributed by atoms with Crippen molar-refractivity contribution in [3.63, 3.8) is 0 Å². The van der Waals surface area contributed by atoms with Crippen LogP contribution in [0.5, 0.6) is 0 Å². The highest BCUT2D eigenvalue weighted by Gasteiger charge is 2.25. The molecule has 1 saturated heterocycles. The third kappa shape index (κ3) is 3.35. The minimum atomic E-state index is 0.498. The molecule has 0 spiro atoms. The quantitative estimate of drug-likeness (QED) is 0.891. The minimum absolute atomic E-state index is 0.498. The summed E-state index contributed by atoms with van der Waals surface area (Å²) in [4.78, 5) is 2.53. The van der Waals surface area contributed by atoms with Gasteiger partial charge in [0.25, 0.3) is 0 Å². The number of halogens is 1. The van der Waals surface area contributed by atoms with E-state index in [4.69, 9.17) is 4.74 Å². The van der Waals surface area contributed by atoms with Crippen LogP contribution < -0.4 is 10.2 Å². The molecule has 2 aliphatic rings. The first-order chi connectivity index (χ1) is 9.78. The van der Waals surface area contributed by atoms with E-state index in [2.05, 4.69) is 51.3 Å². The fourth-order valence-electron chi connectivity index (χ4n) is 2.81. The van der Waals surface area contributed by atoms with Crippen LogP contribution in [-0.4, -0.2) is 31.8 Å². The van der Waals surface area contributed by atoms with Crippen molar-refractivity contribution < 1.29 is 4.74 Å². The molecule has 2 fully saturated rings. The van der Waals surface area contributed by atoms with Gasteiger partial charge in [-0.3, -0.25) is 0 Å². The SMILES string of the molecule is CCC1COCCN1c1cc(Br)ccc1CNC1CC1. The third-order valence-electron chi connectivity index (χ3n) is 4.21. The molecular formula is C16H23BrN2O. The maximum absolute atomic E-state index is 5.63. The number of nitrogens with zero attached hydrogens (tertiary/aromatic N) is 1. The fraction of sp³-hybridized carbons (Fsp3) is 0.625. The van der Waals surface area contributed by atoms with E-state index in [1.54, 1.807) is 0 Å². The van der Waals surface area contributed by atoms with E-state index in [1.165, 1.54) is 24.1 Å². The molecule has 0 aromatic heterocycles. The molecule has 1 atom stereocenters. The number of hydrogen-bond donors (Lipinski definition) is 1. The van der Waals surface area contributed by atoms with Crippen LogP contribution >= 0.6 is 15.9 Å². The molecule has 1 aliphatic heterocycles. The van der Waals surface area contributed by atoms with Crippen LogP contribution in [0.3, 0.4) is 0 Å². The Labute approximate surface area is 129 Å². The lowest BCUT2D eigenvalue weighted by Crippen LogP contribution is -2.45. The molecule has 1 heterocycles. The van der Waals surface area contributed by atoms with Gasteiger partial charge in [-0.1, -0.05) is 28.9 Å². The largest absolute Gasteiger partial charge is 0.377 e. The second kappa shape index (κ2) is 6.46. The Bertz CT molecular complexity index is 462. The summed E-state index contributed by atoms with van der Waals surface area (Å²) in [6.45, 7) is 5.88. The normalized spacial score (nSPS) is 23.1. The van der Waals surface area contributed by atoms with Gasteiger partial charge in [0.1, 0.15) is 0 Å². The van der Waals surface area contributed by atoms with E-state index in [1.807, 2.05) is 0 Å². The number of hydrogen-bond acceptors (Lipinski definition) is 3. The van der Waals surface area contributed by atoms with Crippen molar-refractivity contribution >= 4 is 21.6 Å². The highest BCUT2D eigenvalue weighted by molar-refractivity contribution is 9.10. The maximum Gasteiger partial charge on any atom is 0.0670 e. The van der Waals surface area contributed by atoms with Crippen LogP contribution in [0.2, 0.25) is 0 Å². The van der Waals surface area contributed by atoms with Crippen molar-refractivity contribution in [3.05, 3.63) is 28.2 Å². The summed E-state index contributed by atoms with van der Waals surface area (Å²) in [5.41, 5.74) is 2.77.